The number of terminal acetylenes is 1. The van der Waals surface area contributed by atoms with Gasteiger partial charge in [0.25, 0.3) is 0 Å². The first-order valence-corrected chi connectivity index (χ1v) is 6.59. The van der Waals surface area contributed by atoms with Crippen LogP contribution in [0.3, 0.4) is 0 Å². The SMILES string of the molecule is C#CCOC1[C@@H](O)[C@@H](CO)O[C@H]1n1cnc2c(N)ncnc21. The standard InChI is InChI=1S/C13H15N5O4/c1-2-3-21-10-9(20)7(4-19)22-13(10)18-6-17-8-11(14)15-5-16-12(8)18/h1,5-7,9-10,13,19-20H,3-4H2,(H2,14,15,16)/t7-,9+,10?,13-/m1/s1. The summed E-state index contributed by atoms with van der Waals surface area (Å²) in [7, 11) is 0. The molecule has 22 heavy (non-hydrogen) atoms. The van der Waals surface area contributed by atoms with Crippen molar-refractivity contribution in [2.75, 3.05) is 18.9 Å². The molecule has 2 aromatic rings. The molecule has 0 amide bonds. The highest BCUT2D eigenvalue weighted by Gasteiger charge is 2.45. The molecule has 0 spiro atoms. The van der Waals surface area contributed by atoms with Gasteiger partial charge in [-0.15, -0.1) is 6.42 Å². The van der Waals surface area contributed by atoms with E-state index in [4.69, 9.17) is 21.6 Å². The van der Waals surface area contributed by atoms with Gasteiger partial charge >= 0.3 is 0 Å². The van der Waals surface area contributed by atoms with E-state index in [2.05, 4.69) is 20.9 Å². The average molecular weight is 305 g/mol. The van der Waals surface area contributed by atoms with Crippen LogP contribution in [0, 0.1) is 12.3 Å². The van der Waals surface area contributed by atoms with Gasteiger partial charge in [0.1, 0.15) is 36.8 Å². The zero-order valence-electron chi connectivity index (χ0n) is 11.5. The average Bonchev–Trinajstić information content (AvgIpc) is 3.07. The normalized spacial score (nSPS) is 28.0. The molecule has 1 fully saturated rings. The Morgan fingerprint density at radius 2 is 2.27 bits per heavy atom. The van der Waals surface area contributed by atoms with Gasteiger partial charge in [-0.05, 0) is 0 Å². The summed E-state index contributed by atoms with van der Waals surface area (Å²) in [6.07, 6.45) is 4.66. The van der Waals surface area contributed by atoms with Gasteiger partial charge in [0.2, 0.25) is 0 Å². The first kappa shape index (κ1) is 14.7. The molecule has 4 atom stereocenters. The molecule has 2 aromatic heterocycles. The lowest BCUT2D eigenvalue weighted by Gasteiger charge is -2.20. The summed E-state index contributed by atoms with van der Waals surface area (Å²) in [6, 6.07) is 0. The molecule has 1 aliphatic heterocycles. The summed E-state index contributed by atoms with van der Waals surface area (Å²) < 4.78 is 12.7. The number of nitrogens with zero attached hydrogens (tertiary/aromatic N) is 4. The number of ether oxygens (including phenoxy) is 2. The molecule has 3 rings (SSSR count). The minimum atomic E-state index is -1.03. The fraction of sp³-hybridized carbons (Fsp3) is 0.462. The summed E-state index contributed by atoms with van der Waals surface area (Å²) in [6.45, 7) is -0.346. The molecule has 4 N–H and O–H groups in total. The second kappa shape index (κ2) is 5.86. The number of nitrogens with two attached hydrogens (primary N) is 1. The number of aliphatic hydroxyl groups is 2. The topological polar surface area (TPSA) is 129 Å². The van der Waals surface area contributed by atoms with E-state index in [1.807, 2.05) is 0 Å². The van der Waals surface area contributed by atoms with Crippen LogP contribution < -0.4 is 5.73 Å². The third-order valence-corrected chi connectivity index (χ3v) is 3.51. The van der Waals surface area contributed by atoms with Crippen molar-refractivity contribution < 1.29 is 19.7 Å². The first-order chi connectivity index (χ1) is 10.7. The number of hydrogen-bond acceptors (Lipinski definition) is 8. The van der Waals surface area contributed by atoms with Gasteiger partial charge in [0.15, 0.2) is 17.7 Å². The van der Waals surface area contributed by atoms with Crippen LogP contribution in [-0.4, -0.2) is 61.3 Å². The van der Waals surface area contributed by atoms with Crippen LogP contribution in [0.2, 0.25) is 0 Å². The molecule has 0 aliphatic carbocycles. The van der Waals surface area contributed by atoms with Crippen molar-refractivity contribution in [3.8, 4) is 12.3 Å². The van der Waals surface area contributed by atoms with Gasteiger partial charge in [-0.3, -0.25) is 4.57 Å². The van der Waals surface area contributed by atoms with E-state index in [9.17, 15) is 10.2 Å². The molecule has 3 heterocycles. The number of hydrogen-bond donors (Lipinski definition) is 3. The predicted molar refractivity (Wildman–Crippen MR) is 75.3 cm³/mol. The first-order valence-electron chi connectivity index (χ1n) is 6.59. The molecular weight excluding hydrogens is 290 g/mol. The van der Waals surface area contributed by atoms with Crippen LogP contribution in [0.4, 0.5) is 5.82 Å². The second-order valence-corrected chi connectivity index (χ2v) is 4.80. The zero-order chi connectivity index (χ0) is 15.7. The highest BCUT2D eigenvalue weighted by atomic mass is 16.6. The van der Waals surface area contributed by atoms with Crippen molar-refractivity contribution in [3.63, 3.8) is 0 Å². The molecular formula is C13H15N5O4. The summed E-state index contributed by atoms with van der Waals surface area (Å²) in [4.78, 5) is 12.1. The molecule has 1 unspecified atom stereocenters. The van der Waals surface area contributed by atoms with Gasteiger partial charge in [0, 0.05) is 0 Å². The number of anilines is 1. The predicted octanol–water partition coefficient (Wildman–Crippen LogP) is -1.32. The van der Waals surface area contributed by atoms with Crippen LogP contribution in [-0.2, 0) is 9.47 Å². The molecule has 0 aromatic carbocycles. The van der Waals surface area contributed by atoms with E-state index < -0.39 is 24.5 Å². The number of imidazole rings is 1. The van der Waals surface area contributed by atoms with Crippen LogP contribution in [0.25, 0.3) is 11.2 Å². The number of aliphatic hydroxyl groups excluding tert-OH is 2. The Balaban J connectivity index is 2.00. The molecule has 1 saturated heterocycles. The maximum absolute atomic E-state index is 10.2. The monoisotopic (exact) mass is 305 g/mol. The summed E-state index contributed by atoms with van der Waals surface area (Å²) >= 11 is 0. The maximum atomic E-state index is 10.2. The molecule has 1 aliphatic rings. The van der Waals surface area contributed by atoms with Crippen molar-refractivity contribution in [1.29, 1.82) is 0 Å². The van der Waals surface area contributed by atoms with Crippen molar-refractivity contribution in [2.45, 2.75) is 24.5 Å². The zero-order valence-corrected chi connectivity index (χ0v) is 11.5. The Kier molecular flexibility index (Phi) is 3.91. The van der Waals surface area contributed by atoms with E-state index in [-0.39, 0.29) is 19.0 Å². The molecule has 9 heteroatoms. The lowest BCUT2D eigenvalue weighted by molar-refractivity contribution is -0.0636. The van der Waals surface area contributed by atoms with Crippen molar-refractivity contribution in [3.05, 3.63) is 12.7 Å². The Labute approximate surface area is 125 Å². The van der Waals surface area contributed by atoms with Gasteiger partial charge in [-0.25, -0.2) is 15.0 Å². The van der Waals surface area contributed by atoms with Crippen LogP contribution in [0.1, 0.15) is 6.23 Å². The fourth-order valence-electron chi connectivity index (χ4n) is 2.47. The minimum absolute atomic E-state index is 0.00346. The van der Waals surface area contributed by atoms with Crippen molar-refractivity contribution >= 4 is 17.0 Å². The Bertz CT molecular complexity index is 712. The number of rotatable bonds is 4. The molecule has 0 saturated carbocycles. The quantitative estimate of drug-likeness (QED) is 0.593. The van der Waals surface area contributed by atoms with E-state index in [1.54, 1.807) is 4.57 Å². The second-order valence-electron chi connectivity index (χ2n) is 4.80. The number of fused-ring (bicyclic) bond motifs is 1. The van der Waals surface area contributed by atoms with Gasteiger partial charge in [-0.2, -0.15) is 0 Å². The smallest absolute Gasteiger partial charge is 0.167 e. The van der Waals surface area contributed by atoms with E-state index in [0.717, 1.165) is 0 Å². The lowest BCUT2D eigenvalue weighted by atomic mass is 10.1. The van der Waals surface area contributed by atoms with Crippen LogP contribution in [0.5, 0.6) is 0 Å². The van der Waals surface area contributed by atoms with Gasteiger partial charge in [-0.1, -0.05) is 5.92 Å². The fourth-order valence-corrected chi connectivity index (χ4v) is 2.47. The molecule has 9 nitrogen and oxygen atoms in total. The summed E-state index contributed by atoms with van der Waals surface area (Å²) in [5.41, 5.74) is 6.61. The van der Waals surface area contributed by atoms with Crippen molar-refractivity contribution in [1.82, 2.24) is 19.5 Å². The third-order valence-electron chi connectivity index (χ3n) is 3.51. The highest BCUT2D eigenvalue weighted by Crippen LogP contribution is 2.33. The summed E-state index contributed by atoms with van der Waals surface area (Å²) in [5.74, 6) is 2.58. The van der Waals surface area contributed by atoms with E-state index in [0.29, 0.717) is 11.2 Å². The minimum Gasteiger partial charge on any atom is -0.394 e. The van der Waals surface area contributed by atoms with Crippen LogP contribution >= 0.6 is 0 Å². The van der Waals surface area contributed by atoms with Crippen LogP contribution in [0.15, 0.2) is 12.7 Å². The molecule has 116 valence electrons. The van der Waals surface area contributed by atoms with E-state index in [1.165, 1.54) is 12.7 Å². The highest BCUT2D eigenvalue weighted by molar-refractivity contribution is 5.81. The largest absolute Gasteiger partial charge is 0.394 e. The van der Waals surface area contributed by atoms with E-state index >= 15 is 0 Å². The maximum Gasteiger partial charge on any atom is 0.167 e. The molecule has 0 bridgehead atoms. The summed E-state index contributed by atoms with van der Waals surface area (Å²) in [5, 5.41) is 19.5. The Morgan fingerprint density at radius 3 is 3.00 bits per heavy atom. The Morgan fingerprint density at radius 1 is 1.45 bits per heavy atom. The molecule has 0 radical (unpaired) electrons. The van der Waals surface area contributed by atoms with Gasteiger partial charge < -0.3 is 25.4 Å². The Hall–Kier alpha value is -2.25. The number of aromatic nitrogens is 4. The van der Waals surface area contributed by atoms with Gasteiger partial charge in [0.05, 0.1) is 12.9 Å². The number of nitrogen functional groups attached to an aromatic ring is 1. The van der Waals surface area contributed by atoms with Crippen molar-refractivity contribution in [2.24, 2.45) is 0 Å². The lowest BCUT2D eigenvalue weighted by Crippen LogP contribution is -2.35. The third kappa shape index (κ3) is 2.28.